The minimum Gasteiger partial charge on any atom is -0.256 e. The molecule has 24 heavy (non-hydrogen) atoms. The summed E-state index contributed by atoms with van der Waals surface area (Å²) in [6, 6.07) is 12.2. The third-order valence-corrected chi connectivity index (χ3v) is 10.8. The number of para-hydroxylation sites is 1. The largest absolute Gasteiger partial charge is 0.256 e. The Balaban J connectivity index is 2.16. The van der Waals surface area contributed by atoms with Crippen molar-refractivity contribution in [2.75, 3.05) is 0 Å². The van der Waals surface area contributed by atoms with Gasteiger partial charge in [-0.3, -0.25) is 4.98 Å². The predicted octanol–water partition coefficient (Wildman–Crippen LogP) is 6.50. The lowest BCUT2D eigenvalue weighted by atomic mass is 9.85. The van der Waals surface area contributed by atoms with Crippen molar-refractivity contribution in [3.8, 4) is 0 Å². The molecular weight excluding hydrogens is 306 g/mol. The lowest BCUT2D eigenvalue weighted by molar-refractivity contribution is 0.370. The second-order valence-corrected chi connectivity index (χ2v) is 13.6. The van der Waals surface area contributed by atoms with Crippen molar-refractivity contribution < 1.29 is 0 Å². The molecule has 0 aliphatic heterocycles. The van der Waals surface area contributed by atoms with E-state index in [-0.39, 0.29) is 0 Å². The summed E-state index contributed by atoms with van der Waals surface area (Å²) < 4.78 is 0. The SMILES string of the molecule is C=CC[Si](C)(C)C1C(C)C(C)C(C)C1c1cccc2cccnc12. The maximum absolute atomic E-state index is 4.77. The molecule has 1 aromatic heterocycles. The maximum atomic E-state index is 4.77. The quantitative estimate of drug-likeness (QED) is 0.458. The van der Waals surface area contributed by atoms with E-state index in [1.165, 1.54) is 22.5 Å². The van der Waals surface area contributed by atoms with Gasteiger partial charge in [0.2, 0.25) is 0 Å². The minimum absolute atomic E-state index is 0.621. The molecule has 1 fully saturated rings. The minimum atomic E-state index is -1.40. The standard InChI is InChI=1S/C22H31NSi/c1-7-14-24(5,6)22-17(4)15(2)16(3)20(22)19-12-8-10-18-11-9-13-23-21(18)19/h7-13,15-17,20,22H,1,14H2,2-6H3. The molecule has 128 valence electrons. The zero-order chi connectivity index (χ0) is 17.5. The molecule has 0 bridgehead atoms. The molecule has 1 aliphatic rings. The van der Waals surface area contributed by atoms with Crippen LogP contribution in [0.15, 0.2) is 49.2 Å². The van der Waals surface area contributed by atoms with Crippen molar-refractivity contribution in [1.82, 2.24) is 4.98 Å². The molecule has 2 heteroatoms. The Hall–Kier alpha value is -1.41. The highest BCUT2D eigenvalue weighted by atomic mass is 28.3. The van der Waals surface area contributed by atoms with Crippen molar-refractivity contribution in [3.63, 3.8) is 0 Å². The Morgan fingerprint density at radius 1 is 1.04 bits per heavy atom. The molecule has 5 atom stereocenters. The number of hydrogen-bond acceptors (Lipinski definition) is 1. The maximum Gasteiger partial charge on any atom is 0.0736 e. The summed E-state index contributed by atoms with van der Waals surface area (Å²) in [6.07, 6.45) is 4.10. The fourth-order valence-electron chi connectivity index (χ4n) is 5.37. The molecule has 1 aliphatic carbocycles. The van der Waals surface area contributed by atoms with E-state index in [0.29, 0.717) is 11.8 Å². The van der Waals surface area contributed by atoms with E-state index in [4.69, 9.17) is 4.98 Å². The van der Waals surface area contributed by atoms with E-state index in [9.17, 15) is 0 Å². The zero-order valence-corrected chi connectivity index (χ0v) is 16.8. The molecule has 0 saturated heterocycles. The lowest BCUT2D eigenvalue weighted by Gasteiger charge is -2.37. The number of nitrogens with zero attached hydrogens (tertiary/aromatic N) is 1. The molecule has 0 spiro atoms. The van der Waals surface area contributed by atoms with Crippen LogP contribution in [0.2, 0.25) is 24.7 Å². The van der Waals surface area contributed by atoms with Gasteiger partial charge in [0, 0.05) is 11.6 Å². The van der Waals surface area contributed by atoms with Crippen LogP contribution in [-0.2, 0) is 0 Å². The summed E-state index contributed by atoms with van der Waals surface area (Å²) in [5.74, 6) is 2.85. The van der Waals surface area contributed by atoms with Crippen molar-refractivity contribution in [3.05, 3.63) is 54.7 Å². The van der Waals surface area contributed by atoms with Crippen molar-refractivity contribution in [1.29, 1.82) is 0 Å². The first kappa shape index (κ1) is 17.4. The number of pyridine rings is 1. The molecule has 1 nitrogen and oxygen atoms in total. The number of rotatable bonds is 4. The van der Waals surface area contributed by atoms with Crippen LogP contribution >= 0.6 is 0 Å². The molecule has 2 aromatic rings. The first-order valence-electron chi connectivity index (χ1n) is 9.33. The van der Waals surface area contributed by atoms with Gasteiger partial charge in [-0.1, -0.05) is 64.2 Å². The molecule has 5 unspecified atom stereocenters. The predicted molar refractivity (Wildman–Crippen MR) is 108 cm³/mol. The van der Waals surface area contributed by atoms with Crippen LogP contribution in [0.3, 0.4) is 0 Å². The van der Waals surface area contributed by atoms with Gasteiger partial charge in [0.05, 0.1) is 13.6 Å². The van der Waals surface area contributed by atoms with Crippen LogP contribution in [0.25, 0.3) is 10.9 Å². The molecule has 0 N–H and O–H groups in total. The number of allylic oxidation sites excluding steroid dienone is 1. The molecule has 0 amide bonds. The summed E-state index contributed by atoms with van der Waals surface area (Å²) in [5, 5.41) is 1.27. The number of aromatic nitrogens is 1. The van der Waals surface area contributed by atoms with Crippen LogP contribution in [0.5, 0.6) is 0 Å². The van der Waals surface area contributed by atoms with Gasteiger partial charge in [0.15, 0.2) is 0 Å². The van der Waals surface area contributed by atoms with E-state index >= 15 is 0 Å². The van der Waals surface area contributed by atoms with Crippen LogP contribution in [-0.4, -0.2) is 13.1 Å². The molecule has 1 heterocycles. The second-order valence-electron chi connectivity index (χ2n) is 8.53. The van der Waals surface area contributed by atoms with Crippen LogP contribution < -0.4 is 0 Å². The van der Waals surface area contributed by atoms with Gasteiger partial charge in [0.25, 0.3) is 0 Å². The third kappa shape index (κ3) is 2.75. The Morgan fingerprint density at radius 2 is 1.75 bits per heavy atom. The van der Waals surface area contributed by atoms with Gasteiger partial charge in [0.1, 0.15) is 0 Å². The Bertz CT molecular complexity index is 730. The Kier molecular flexibility index (Phi) is 4.70. The van der Waals surface area contributed by atoms with Gasteiger partial charge in [-0.05, 0) is 46.9 Å². The number of fused-ring (bicyclic) bond motifs is 1. The van der Waals surface area contributed by atoms with Crippen molar-refractivity contribution in [2.45, 2.75) is 51.4 Å². The highest BCUT2D eigenvalue weighted by Gasteiger charge is 2.51. The highest BCUT2D eigenvalue weighted by molar-refractivity contribution is 6.79. The summed E-state index contributed by atoms with van der Waals surface area (Å²) in [7, 11) is -1.40. The fourth-order valence-corrected chi connectivity index (χ4v) is 9.56. The third-order valence-electron chi connectivity index (χ3n) is 6.77. The van der Waals surface area contributed by atoms with E-state index in [2.05, 4.69) is 70.8 Å². The van der Waals surface area contributed by atoms with Gasteiger partial charge >= 0.3 is 0 Å². The molecule has 1 aromatic carbocycles. The molecule has 1 saturated carbocycles. The number of hydrogen-bond donors (Lipinski definition) is 0. The lowest BCUT2D eigenvalue weighted by Crippen LogP contribution is -2.36. The normalized spacial score (nSPS) is 30.6. The van der Waals surface area contributed by atoms with E-state index < -0.39 is 8.07 Å². The first-order valence-corrected chi connectivity index (χ1v) is 12.6. The van der Waals surface area contributed by atoms with E-state index in [0.717, 1.165) is 17.4 Å². The summed E-state index contributed by atoms with van der Waals surface area (Å²) in [6.45, 7) is 16.6. The molecule has 3 rings (SSSR count). The van der Waals surface area contributed by atoms with Gasteiger partial charge in [-0.2, -0.15) is 0 Å². The average molecular weight is 338 g/mol. The van der Waals surface area contributed by atoms with Gasteiger partial charge in [-0.25, -0.2) is 0 Å². The first-order chi connectivity index (χ1) is 11.4. The van der Waals surface area contributed by atoms with Gasteiger partial charge in [-0.15, -0.1) is 6.58 Å². The average Bonchev–Trinajstić information content (AvgIpc) is 2.79. The van der Waals surface area contributed by atoms with Crippen molar-refractivity contribution in [2.24, 2.45) is 17.8 Å². The summed E-state index contributed by atoms with van der Waals surface area (Å²) in [4.78, 5) is 4.77. The molecule has 0 radical (unpaired) electrons. The Morgan fingerprint density at radius 3 is 2.46 bits per heavy atom. The number of benzene rings is 1. The smallest absolute Gasteiger partial charge is 0.0736 e. The topological polar surface area (TPSA) is 12.9 Å². The Labute approximate surface area is 148 Å². The second kappa shape index (κ2) is 6.48. The van der Waals surface area contributed by atoms with Crippen LogP contribution in [0.4, 0.5) is 0 Å². The van der Waals surface area contributed by atoms with E-state index in [1.807, 2.05) is 12.3 Å². The van der Waals surface area contributed by atoms with Crippen LogP contribution in [0, 0.1) is 17.8 Å². The highest BCUT2D eigenvalue weighted by Crippen LogP contribution is 2.59. The summed E-state index contributed by atoms with van der Waals surface area (Å²) in [5.41, 5.74) is 3.48. The fraction of sp³-hybridized carbons (Fsp3) is 0.500. The van der Waals surface area contributed by atoms with Gasteiger partial charge < -0.3 is 0 Å². The van der Waals surface area contributed by atoms with E-state index in [1.54, 1.807) is 0 Å². The van der Waals surface area contributed by atoms with Crippen LogP contribution in [0.1, 0.15) is 32.3 Å². The molecular formula is C22H31NSi. The zero-order valence-electron chi connectivity index (χ0n) is 15.8. The van der Waals surface area contributed by atoms with Crippen molar-refractivity contribution >= 4 is 19.0 Å². The monoisotopic (exact) mass is 337 g/mol. The summed E-state index contributed by atoms with van der Waals surface area (Å²) >= 11 is 0.